The molecule has 0 spiro atoms. The van der Waals surface area contributed by atoms with Crippen molar-refractivity contribution in [1.29, 1.82) is 0 Å². The van der Waals surface area contributed by atoms with Crippen LogP contribution in [0.25, 0.3) is 0 Å². The normalized spacial score (nSPS) is 19.3. The molecule has 5 heteroatoms. The lowest BCUT2D eigenvalue weighted by atomic mass is 10.1. The summed E-state index contributed by atoms with van der Waals surface area (Å²) in [5, 5.41) is 4.76. The molecule has 0 radical (unpaired) electrons. The average molecular weight is 258 g/mol. The molecule has 1 atom stereocenters. The lowest BCUT2D eigenvalue weighted by Gasteiger charge is -2.11. The zero-order chi connectivity index (χ0) is 12.7. The summed E-state index contributed by atoms with van der Waals surface area (Å²) in [6.07, 6.45) is 1.60. The number of nitrogens with zero attached hydrogens (tertiary/aromatic N) is 1. The van der Waals surface area contributed by atoms with E-state index in [9.17, 15) is 4.79 Å². The Bertz CT molecular complexity index is 280. The van der Waals surface area contributed by atoms with Crippen LogP contribution < -0.4 is 5.32 Å². The van der Waals surface area contributed by atoms with Crippen molar-refractivity contribution in [3.05, 3.63) is 0 Å². The van der Waals surface area contributed by atoms with Gasteiger partial charge >= 0.3 is 5.97 Å². The molecule has 0 aromatic heterocycles. The lowest BCUT2D eigenvalue weighted by molar-refractivity contribution is -0.142. The largest absolute Gasteiger partial charge is 0.466 e. The van der Waals surface area contributed by atoms with E-state index >= 15 is 0 Å². The summed E-state index contributed by atoms with van der Waals surface area (Å²) >= 11 is 1.79. The van der Waals surface area contributed by atoms with Crippen LogP contribution in [-0.2, 0) is 9.53 Å². The van der Waals surface area contributed by atoms with Gasteiger partial charge in [0.25, 0.3) is 0 Å². The first kappa shape index (κ1) is 14.4. The molecule has 1 heterocycles. The molecule has 4 nitrogen and oxygen atoms in total. The van der Waals surface area contributed by atoms with Crippen molar-refractivity contribution in [3.8, 4) is 0 Å². The maximum Gasteiger partial charge on any atom is 0.307 e. The smallest absolute Gasteiger partial charge is 0.307 e. The van der Waals surface area contributed by atoms with E-state index in [-0.39, 0.29) is 5.97 Å². The summed E-state index contributed by atoms with van der Waals surface area (Å²) in [6, 6.07) is 0. The Labute approximate surface area is 108 Å². The number of hydrogen-bond acceptors (Lipinski definition) is 5. The molecule has 1 rings (SSSR count). The van der Waals surface area contributed by atoms with Gasteiger partial charge in [-0.15, -0.1) is 0 Å². The number of amidine groups is 1. The van der Waals surface area contributed by atoms with Crippen molar-refractivity contribution < 1.29 is 9.53 Å². The number of thioether (sulfide) groups is 1. The van der Waals surface area contributed by atoms with Gasteiger partial charge in [0.15, 0.2) is 5.17 Å². The summed E-state index contributed by atoms with van der Waals surface area (Å²) in [4.78, 5) is 15.5. The fourth-order valence-corrected chi connectivity index (χ4v) is 2.95. The molecule has 0 aromatic rings. The van der Waals surface area contributed by atoms with Crippen LogP contribution in [0.15, 0.2) is 4.99 Å². The molecule has 1 N–H and O–H groups in total. The molecule has 17 heavy (non-hydrogen) atoms. The number of carbonyl (C=O) groups is 1. The maximum absolute atomic E-state index is 11.1. The fourth-order valence-electron chi connectivity index (χ4n) is 1.67. The van der Waals surface area contributed by atoms with Crippen molar-refractivity contribution in [3.63, 3.8) is 0 Å². The highest BCUT2D eigenvalue weighted by Gasteiger charge is 2.20. The second-order valence-corrected chi connectivity index (χ2v) is 5.79. The fraction of sp³-hybridized carbons (Fsp3) is 0.833. The van der Waals surface area contributed by atoms with Crippen molar-refractivity contribution in [2.45, 2.75) is 38.9 Å². The summed E-state index contributed by atoms with van der Waals surface area (Å²) < 4.78 is 4.85. The van der Waals surface area contributed by atoms with E-state index < -0.39 is 0 Å². The van der Waals surface area contributed by atoms with E-state index in [1.807, 2.05) is 6.92 Å². The number of ether oxygens (including phenoxy) is 1. The number of carbonyl (C=O) groups excluding carboxylic acids is 1. The van der Waals surface area contributed by atoms with Crippen LogP contribution in [0.3, 0.4) is 0 Å². The highest BCUT2D eigenvalue weighted by atomic mass is 32.2. The molecule has 1 unspecified atom stereocenters. The number of aliphatic imine (C=N–C) groups is 1. The van der Waals surface area contributed by atoms with Gasteiger partial charge in [-0.05, 0) is 19.3 Å². The average Bonchev–Trinajstić information content (AvgIpc) is 2.65. The van der Waals surface area contributed by atoms with E-state index in [1.54, 1.807) is 11.8 Å². The van der Waals surface area contributed by atoms with Gasteiger partial charge in [0.2, 0.25) is 0 Å². The van der Waals surface area contributed by atoms with Gasteiger partial charge in [-0.2, -0.15) is 0 Å². The standard InChI is InChI=1S/C12H22N2O2S/c1-4-16-11(15)5-6-13-12-14-8-10(17-12)7-9(2)3/h9-10H,4-8H2,1-3H3,(H,13,14). The monoisotopic (exact) mass is 258 g/mol. The molecular formula is C12H22N2O2S. The summed E-state index contributed by atoms with van der Waals surface area (Å²) in [5.74, 6) is 0.559. The van der Waals surface area contributed by atoms with E-state index in [0.29, 0.717) is 30.7 Å². The zero-order valence-electron chi connectivity index (χ0n) is 10.9. The van der Waals surface area contributed by atoms with E-state index in [4.69, 9.17) is 4.74 Å². The quantitative estimate of drug-likeness (QED) is 0.741. The van der Waals surface area contributed by atoms with Crippen molar-refractivity contribution in [2.24, 2.45) is 10.9 Å². The minimum absolute atomic E-state index is 0.151. The lowest BCUT2D eigenvalue weighted by Crippen LogP contribution is -2.23. The van der Waals surface area contributed by atoms with Gasteiger partial charge in [-0.1, -0.05) is 25.6 Å². The molecule has 0 amide bonds. The first-order valence-electron chi connectivity index (χ1n) is 6.22. The Morgan fingerprint density at radius 2 is 2.41 bits per heavy atom. The van der Waals surface area contributed by atoms with Crippen LogP contribution in [0, 0.1) is 5.92 Å². The molecule has 1 aliphatic rings. The number of nitrogens with one attached hydrogen (secondary N) is 1. The van der Waals surface area contributed by atoms with Crippen molar-refractivity contribution in [2.75, 3.05) is 19.7 Å². The molecule has 1 aliphatic heterocycles. The molecule has 0 aliphatic carbocycles. The van der Waals surface area contributed by atoms with Crippen LogP contribution >= 0.6 is 11.8 Å². The SMILES string of the molecule is CCOC(=O)CCNC1=NCC(CC(C)C)S1. The Kier molecular flexibility index (Phi) is 6.40. The highest BCUT2D eigenvalue weighted by molar-refractivity contribution is 8.14. The molecule has 0 bridgehead atoms. The predicted molar refractivity (Wildman–Crippen MR) is 72.4 cm³/mol. The van der Waals surface area contributed by atoms with Gasteiger partial charge in [-0.3, -0.25) is 9.79 Å². The molecular weight excluding hydrogens is 236 g/mol. The van der Waals surface area contributed by atoms with Gasteiger partial charge in [-0.25, -0.2) is 0 Å². The van der Waals surface area contributed by atoms with Gasteiger partial charge in [0, 0.05) is 11.8 Å². The van der Waals surface area contributed by atoms with Crippen molar-refractivity contribution >= 4 is 22.9 Å². The van der Waals surface area contributed by atoms with Crippen molar-refractivity contribution in [1.82, 2.24) is 5.32 Å². The van der Waals surface area contributed by atoms with Gasteiger partial charge in [0.05, 0.1) is 19.6 Å². The number of esters is 1. The van der Waals surface area contributed by atoms with Crippen LogP contribution in [0.2, 0.25) is 0 Å². The second kappa shape index (κ2) is 7.58. The Morgan fingerprint density at radius 3 is 3.06 bits per heavy atom. The number of rotatable bonds is 6. The zero-order valence-corrected chi connectivity index (χ0v) is 11.7. The molecule has 98 valence electrons. The first-order chi connectivity index (χ1) is 8.11. The van der Waals surface area contributed by atoms with E-state index in [1.165, 1.54) is 6.42 Å². The third-order valence-corrected chi connectivity index (χ3v) is 3.53. The third kappa shape index (κ3) is 5.96. The van der Waals surface area contributed by atoms with Gasteiger partial charge in [0.1, 0.15) is 0 Å². The minimum Gasteiger partial charge on any atom is -0.466 e. The van der Waals surface area contributed by atoms with Crippen LogP contribution in [0.4, 0.5) is 0 Å². The topological polar surface area (TPSA) is 50.7 Å². The summed E-state index contributed by atoms with van der Waals surface area (Å²) in [7, 11) is 0. The Morgan fingerprint density at radius 1 is 1.65 bits per heavy atom. The minimum atomic E-state index is -0.151. The van der Waals surface area contributed by atoms with Gasteiger partial charge < -0.3 is 10.1 Å². The van der Waals surface area contributed by atoms with Crippen LogP contribution in [0.1, 0.15) is 33.6 Å². The molecule has 0 fully saturated rings. The van der Waals surface area contributed by atoms with Crippen LogP contribution in [0.5, 0.6) is 0 Å². The maximum atomic E-state index is 11.1. The first-order valence-corrected chi connectivity index (χ1v) is 7.10. The van der Waals surface area contributed by atoms with Crippen LogP contribution in [-0.4, -0.2) is 36.1 Å². The third-order valence-electron chi connectivity index (χ3n) is 2.36. The number of hydrogen-bond donors (Lipinski definition) is 1. The Hall–Kier alpha value is -0.710. The summed E-state index contributed by atoms with van der Waals surface area (Å²) in [6.45, 7) is 8.23. The highest BCUT2D eigenvalue weighted by Crippen LogP contribution is 2.25. The second-order valence-electron chi connectivity index (χ2n) is 4.50. The predicted octanol–water partition coefficient (Wildman–Crippen LogP) is 2.05. The Balaban J connectivity index is 2.11. The molecule has 0 saturated carbocycles. The van der Waals surface area contributed by atoms with E-state index in [2.05, 4.69) is 24.2 Å². The molecule has 0 aromatic carbocycles. The summed E-state index contributed by atoms with van der Waals surface area (Å²) in [5.41, 5.74) is 0. The van der Waals surface area contributed by atoms with E-state index in [0.717, 1.165) is 11.7 Å². The molecule has 0 saturated heterocycles.